The number of hydrogen-bond acceptors (Lipinski definition) is 4. The first-order chi connectivity index (χ1) is 9.62. The minimum atomic E-state index is -3.27. The van der Waals surface area contributed by atoms with Gasteiger partial charge in [-0.05, 0) is 31.0 Å². The van der Waals surface area contributed by atoms with Gasteiger partial charge in [0.1, 0.15) is 0 Å². The van der Waals surface area contributed by atoms with Crippen LogP contribution in [0.25, 0.3) is 0 Å². The van der Waals surface area contributed by atoms with E-state index in [1.54, 1.807) is 0 Å². The van der Waals surface area contributed by atoms with Crippen molar-refractivity contribution >= 4 is 10.0 Å². The molecule has 5 nitrogen and oxygen atoms in total. The van der Waals surface area contributed by atoms with Crippen LogP contribution in [0.2, 0.25) is 0 Å². The summed E-state index contributed by atoms with van der Waals surface area (Å²) in [6, 6.07) is 8.21. The van der Waals surface area contributed by atoms with E-state index in [4.69, 9.17) is 4.74 Å². The smallest absolute Gasteiger partial charge is 0.213 e. The molecule has 1 heterocycles. The quantitative estimate of drug-likeness (QED) is 0.732. The molecule has 1 aliphatic heterocycles. The molecule has 2 N–H and O–H groups in total. The van der Waals surface area contributed by atoms with Gasteiger partial charge in [-0.15, -0.1) is 0 Å². The van der Waals surface area contributed by atoms with Crippen LogP contribution in [0.15, 0.2) is 24.3 Å². The molecule has 0 spiro atoms. The first-order valence-corrected chi connectivity index (χ1v) is 8.64. The second-order valence-corrected chi connectivity index (χ2v) is 6.75. The van der Waals surface area contributed by atoms with Gasteiger partial charge in [-0.25, -0.2) is 13.1 Å². The summed E-state index contributed by atoms with van der Waals surface area (Å²) >= 11 is 0. The molecule has 0 amide bonds. The van der Waals surface area contributed by atoms with Crippen LogP contribution in [-0.4, -0.2) is 40.5 Å². The highest BCUT2D eigenvalue weighted by atomic mass is 32.2. The number of sulfonamides is 1. The Bertz CT molecular complexity index is 531. The van der Waals surface area contributed by atoms with E-state index in [0.717, 1.165) is 13.0 Å². The molecule has 0 saturated carbocycles. The molecule has 0 fully saturated rings. The zero-order chi connectivity index (χ0) is 14.4. The molecule has 112 valence electrons. The minimum absolute atomic E-state index is 0.00913. The largest absolute Gasteiger partial charge is 0.381 e. The number of rotatable bonds is 7. The standard InChI is InChI=1S/C14H22N2O3S/c1-2-19-9-10-20(17,18)16-11-14-13-6-4-3-5-12(13)7-8-15-14/h3-6,14-16H,2,7-11H2,1H3. The molecule has 6 heteroatoms. The van der Waals surface area contributed by atoms with Gasteiger partial charge in [0.2, 0.25) is 10.0 Å². The topological polar surface area (TPSA) is 67.4 Å². The summed E-state index contributed by atoms with van der Waals surface area (Å²) in [6.45, 7) is 3.88. The third kappa shape index (κ3) is 4.28. The van der Waals surface area contributed by atoms with Gasteiger partial charge in [0.05, 0.1) is 12.4 Å². The van der Waals surface area contributed by atoms with Crippen LogP contribution in [0.1, 0.15) is 24.1 Å². The fraction of sp³-hybridized carbons (Fsp3) is 0.571. The van der Waals surface area contributed by atoms with Gasteiger partial charge < -0.3 is 10.1 Å². The zero-order valence-electron chi connectivity index (χ0n) is 11.8. The summed E-state index contributed by atoms with van der Waals surface area (Å²) in [5.41, 5.74) is 2.48. The molecular weight excluding hydrogens is 276 g/mol. The number of nitrogens with one attached hydrogen (secondary N) is 2. The molecule has 0 bridgehead atoms. The Labute approximate surface area is 120 Å². The van der Waals surface area contributed by atoms with E-state index in [1.165, 1.54) is 11.1 Å². The lowest BCUT2D eigenvalue weighted by molar-refractivity contribution is 0.163. The lowest BCUT2D eigenvalue weighted by atomic mass is 9.95. The van der Waals surface area contributed by atoms with Crippen LogP contribution in [0.5, 0.6) is 0 Å². The van der Waals surface area contributed by atoms with E-state index in [2.05, 4.69) is 22.2 Å². The highest BCUT2D eigenvalue weighted by molar-refractivity contribution is 7.89. The van der Waals surface area contributed by atoms with E-state index in [1.807, 2.05) is 19.1 Å². The summed E-state index contributed by atoms with van der Waals surface area (Å²) in [5, 5.41) is 3.36. The summed E-state index contributed by atoms with van der Waals surface area (Å²) < 4.78 is 31.4. The molecular formula is C14H22N2O3S. The van der Waals surface area contributed by atoms with Gasteiger partial charge in [-0.2, -0.15) is 0 Å². The van der Waals surface area contributed by atoms with Crippen LogP contribution >= 0.6 is 0 Å². The highest BCUT2D eigenvalue weighted by Crippen LogP contribution is 2.21. The average Bonchev–Trinajstić information content (AvgIpc) is 2.45. The van der Waals surface area contributed by atoms with E-state index >= 15 is 0 Å². The third-order valence-electron chi connectivity index (χ3n) is 3.42. The molecule has 1 aromatic rings. The molecule has 2 rings (SSSR count). The molecule has 1 atom stereocenters. The van der Waals surface area contributed by atoms with E-state index in [0.29, 0.717) is 13.2 Å². The van der Waals surface area contributed by atoms with Crippen molar-refractivity contribution in [3.05, 3.63) is 35.4 Å². The second kappa shape index (κ2) is 7.17. The number of hydrogen-bond donors (Lipinski definition) is 2. The minimum Gasteiger partial charge on any atom is -0.381 e. The molecule has 1 unspecified atom stereocenters. The lowest BCUT2D eigenvalue weighted by Crippen LogP contribution is -2.40. The Morgan fingerprint density at radius 3 is 3.00 bits per heavy atom. The van der Waals surface area contributed by atoms with Gasteiger partial charge in [0, 0.05) is 19.2 Å². The Kier molecular flexibility index (Phi) is 5.54. The van der Waals surface area contributed by atoms with Crippen LogP contribution < -0.4 is 10.0 Å². The van der Waals surface area contributed by atoms with Crippen LogP contribution in [0.4, 0.5) is 0 Å². The lowest BCUT2D eigenvalue weighted by Gasteiger charge is -2.27. The predicted octanol–water partition coefficient (Wildman–Crippen LogP) is 0.829. The molecule has 1 aliphatic rings. The maximum absolute atomic E-state index is 11.8. The van der Waals surface area contributed by atoms with Crippen LogP contribution in [0, 0.1) is 0 Å². The van der Waals surface area contributed by atoms with Crippen molar-refractivity contribution in [3.8, 4) is 0 Å². The molecule has 0 saturated heterocycles. The molecule has 20 heavy (non-hydrogen) atoms. The van der Waals surface area contributed by atoms with Gasteiger partial charge in [-0.1, -0.05) is 24.3 Å². The predicted molar refractivity (Wildman–Crippen MR) is 79.2 cm³/mol. The van der Waals surface area contributed by atoms with Crippen LogP contribution in [0.3, 0.4) is 0 Å². The molecule has 0 aliphatic carbocycles. The SMILES string of the molecule is CCOCCS(=O)(=O)NCC1NCCc2ccccc21. The zero-order valence-corrected chi connectivity index (χ0v) is 12.6. The maximum Gasteiger partial charge on any atom is 0.213 e. The Morgan fingerprint density at radius 1 is 1.40 bits per heavy atom. The fourth-order valence-electron chi connectivity index (χ4n) is 2.37. The van der Waals surface area contributed by atoms with Crippen molar-refractivity contribution in [2.45, 2.75) is 19.4 Å². The normalized spacial score (nSPS) is 18.8. The van der Waals surface area contributed by atoms with Crippen molar-refractivity contribution in [2.75, 3.05) is 32.1 Å². The monoisotopic (exact) mass is 298 g/mol. The highest BCUT2D eigenvalue weighted by Gasteiger charge is 2.21. The average molecular weight is 298 g/mol. The van der Waals surface area contributed by atoms with Gasteiger partial charge in [-0.3, -0.25) is 0 Å². The number of ether oxygens (including phenoxy) is 1. The van der Waals surface area contributed by atoms with Crippen molar-refractivity contribution in [1.82, 2.24) is 10.0 Å². The van der Waals surface area contributed by atoms with Crippen molar-refractivity contribution in [1.29, 1.82) is 0 Å². The van der Waals surface area contributed by atoms with Gasteiger partial charge in [0.25, 0.3) is 0 Å². The van der Waals surface area contributed by atoms with Crippen molar-refractivity contribution < 1.29 is 13.2 Å². The Morgan fingerprint density at radius 2 is 2.20 bits per heavy atom. The molecule has 0 aromatic heterocycles. The Balaban J connectivity index is 1.92. The van der Waals surface area contributed by atoms with Crippen LogP contribution in [-0.2, 0) is 21.2 Å². The number of benzene rings is 1. The first kappa shape index (κ1) is 15.4. The fourth-order valence-corrected chi connectivity index (χ4v) is 3.27. The second-order valence-electron chi connectivity index (χ2n) is 4.82. The summed E-state index contributed by atoms with van der Waals surface area (Å²) in [4.78, 5) is 0. The van der Waals surface area contributed by atoms with Gasteiger partial charge in [0.15, 0.2) is 0 Å². The van der Waals surface area contributed by atoms with Crippen molar-refractivity contribution in [2.24, 2.45) is 0 Å². The van der Waals surface area contributed by atoms with E-state index in [-0.39, 0.29) is 18.4 Å². The van der Waals surface area contributed by atoms with E-state index < -0.39 is 10.0 Å². The molecule has 0 radical (unpaired) electrons. The molecule has 1 aromatic carbocycles. The summed E-state index contributed by atoms with van der Waals surface area (Å²) in [5.74, 6) is 0.00913. The van der Waals surface area contributed by atoms with E-state index in [9.17, 15) is 8.42 Å². The summed E-state index contributed by atoms with van der Waals surface area (Å²) in [7, 11) is -3.27. The Hall–Kier alpha value is -0.950. The summed E-state index contributed by atoms with van der Waals surface area (Å²) in [6.07, 6.45) is 0.990. The third-order valence-corrected chi connectivity index (χ3v) is 4.73. The van der Waals surface area contributed by atoms with Gasteiger partial charge >= 0.3 is 0 Å². The first-order valence-electron chi connectivity index (χ1n) is 6.98. The number of fused-ring (bicyclic) bond motifs is 1. The van der Waals surface area contributed by atoms with Crippen molar-refractivity contribution in [3.63, 3.8) is 0 Å². The maximum atomic E-state index is 11.8.